The summed E-state index contributed by atoms with van der Waals surface area (Å²) >= 11 is 0. The van der Waals surface area contributed by atoms with E-state index in [0.29, 0.717) is 22.7 Å². The molecule has 1 heterocycles. The van der Waals surface area contributed by atoms with E-state index in [1.54, 1.807) is 49.4 Å². The van der Waals surface area contributed by atoms with E-state index in [2.05, 4.69) is 10.6 Å². The van der Waals surface area contributed by atoms with Crippen molar-refractivity contribution in [1.29, 1.82) is 0 Å². The van der Waals surface area contributed by atoms with Crippen LogP contribution in [-0.2, 0) is 14.3 Å². The molecule has 0 saturated heterocycles. The first-order valence-corrected chi connectivity index (χ1v) is 7.73. The lowest BCUT2D eigenvalue weighted by Gasteiger charge is -2.24. The summed E-state index contributed by atoms with van der Waals surface area (Å²) < 4.78 is 10.4. The quantitative estimate of drug-likeness (QED) is 0.657. The molecule has 0 aliphatic carbocycles. The van der Waals surface area contributed by atoms with Crippen molar-refractivity contribution in [3.05, 3.63) is 54.1 Å². The number of anilines is 2. The number of hydrogen-bond acceptors (Lipinski definition) is 5. The molecule has 0 spiro atoms. The van der Waals surface area contributed by atoms with Gasteiger partial charge in [0.25, 0.3) is 17.9 Å². The van der Waals surface area contributed by atoms with Gasteiger partial charge in [-0.15, -0.1) is 0 Å². The largest absolute Gasteiger partial charge is 0.468 e. The van der Waals surface area contributed by atoms with Gasteiger partial charge in [-0.2, -0.15) is 0 Å². The molecule has 1 aliphatic rings. The first-order chi connectivity index (χ1) is 12.1. The molecule has 7 heteroatoms. The number of esters is 1. The smallest absolute Gasteiger partial charge is 0.338 e. The SMILES string of the molecule is CCOC(=O)c1cccc(NC(=O)[C@@H]2Oc3ccccc3NC2=O)c1. The maximum absolute atomic E-state index is 12.4. The minimum absolute atomic E-state index is 0.255. The summed E-state index contributed by atoms with van der Waals surface area (Å²) in [6.45, 7) is 1.96. The Morgan fingerprint density at radius 3 is 2.80 bits per heavy atom. The average molecular weight is 340 g/mol. The van der Waals surface area contributed by atoms with Gasteiger partial charge in [0.2, 0.25) is 0 Å². The number of carbonyl (C=O) groups is 3. The van der Waals surface area contributed by atoms with Crippen molar-refractivity contribution in [2.75, 3.05) is 17.2 Å². The number of ether oxygens (including phenoxy) is 2. The van der Waals surface area contributed by atoms with Crippen LogP contribution in [0.5, 0.6) is 5.75 Å². The summed E-state index contributed by atoms with van der Waals surface area (Å²) in [5, 5.41) is 5.20. The Hall–Kier alpha value is -3.35. The number of hydrogen-bond donors (Lipinski definition) is 2. The predicted molar refractivity (Wildman–Crippen MR) is 90.5 cm³/mol. The number of para-hydroxylation sites is 2. The Bertz CT molecular complexity index is 834. The lowest BCUT2D eigenvalue weighted by molar-refractivity contribution is -0.133. The molecule has 0 unspecified atom stereocenters. The van der Waals surface area contributed by atoms with Crippen molar-refractivity contribution < 1.29 is 23.9 Å². The van der Waals surface area contributed by atoms with E-state index >= 15 is 0 Å². The Balaban J connectivity index is 1.73. The Morgan fingerprint density at radius 1 is 1.20 bits per heavy atom. The number of benzene rings is 2. The molecule has 0 radical (unpaired) electrons. The second-order valence-electron chi connectivity index (χ2n) is 5.27. The van der Waals surface area contributed by atoms with Gasteiger partial charge in [0, 0.05) is 5.69 Å². The highest BCUT2D eigenvalue weighted by molar-refractivity contribution is 6.15. The van der Waals surface area contributed by atoms with Crippen molar-refractivity contribution >= 4 is 29.2 Å². The van der Waals surface area contributed by atoms with E-state index in [4.69, 9.17) is 9.47 Å². The number of nitrogens with one attached hydrogen (secondary N) is 2. The van der Waals surface area contributed by atoms with E-state index in [1.165, 1.54) is 6.07 Å². The fraction of sp³-hybridized carbons (Fsp3) is 0.167. The molecular weight excluding hydrogens is 324 g/mol. The molecule has 7 nitrogen and oxygen atoms in total. The van der Waals surface area contributed by atoms with Crippen LogP contribution in [0.3, 0.4) is 0 Å². The highest BCUT2D eigenvalue weighted by Crippen LogP contribution is 2.29. The van der Waals surface area contributed by atoms with Crippen LogP contribution >= 0.6 is 0 Å². The number of fused-ring (bicyclic) bond motifs is 1. The fourth-order valence-corrected chi connectivity index (χ4v) is 2.37. The van der Waals surface area contributed by atoms with Gasteiger partial charge in [-0.05, 0) is 37.3 Å². The minimum atomic E-state index is -1.32. The Morgan fingerprint density at radius 2 is 2.00 bits per heavy atom. The number of amides is 2. The first-order valence-electron chi connectivity index (χ1n) is 7.73. The van der Waals surface area contributed by atoms with Crippen molar-refractivity contribution in [1.82, 2.24) is 0 Å². The van der Waals surface area contributed by atoms with Crippen molar-refractivity contribution in [3.8, 4) is 5.75 Å². The third kappa shape index (κ3) is 3.60. The lowest BCUT2D eigenvalue weighted by atomic mass is 10.1. The van der Waals surface area contributed by atoms with Gasteiger partial charge in [-0.25, -0.2) is 4.79 Å². The zero-order chi connectivity index (χ0) is 17.8. The molecule has 2 aromatic carbocycles. The van der Waals surface area contributed by atoms with E-state index in [1.807, 2.05) is 0 Å². The monoisotopic (exact) mass is 340 g/mol. The van der Waals surface area contributed by atoms with Crippen molar-refractivity contribution in [2.24, 2.45) is 0 Å². The van der Waals surface area contributed by atoms with Crippen LogP contribution in [0.25, 0.3) is 0 Å². The summed E-state index contributed by atoms with van der Waals surface area (Å²) in [5.74, 6) is -1.26. The first kappa shape index (κ1) is 16.5. The summed E-state index contributed by atoms with van der Waals surface area (Å²) in [6, 6.07) is 13.1. The van der Waals surface area contributed by atoms with E-state index < -0.39 is 23.9 Å². The van der Waals surface area contributed by atoms with Gasteiger partial charge in [0.1, 0.15) is 5.75 Å². The highest BCUT2D eigenvalue weighted by Gasteiger charge is 2.33. The fourth-order valence-electron chi connectivity index (χ4n) is 2.37. The predicted octanol–water partition coefficient (Wildman–Crippen LogP) is 2.20. The molecule has 128 valence electrons. The van der Waals surface area contributed by atoms with Gasteiger partial charge in [-0.1, -0.05) is 18.2 Å². The molecule has 0 aromatic heterocycles. The standard InChI is InChI=1S/C18H16N2O5/c1-2-24-18(23)11-6-5-7-12(10-11)19-16(21)15-17(22)20-13-8-3-4-9-14(13)25-15/h3-10,15H,2H2,1H3,(H,19,21)(H,20,22)/t15-/m0/s1. The molecule has 3 rings (SSSR count). The third-order valence-corrected chi connectivity index (χ3v) is 3.51. The minimum Gasteiger partial charge on any atom is -0.468 e. The van der Waals surface area contributed by atoms with Crippen molar-refractivity contribution in [2.45, 2.75) is 13.0 Å². The maximum atomic E-state index is 12.4. The van der Waals surface area contributed by atoms with Crippen LogP contribution in [-0.4, -0.2) is 30.5 Å². The highest BCUT2D eigenvalue weighted by atomic mass is 16.5. The van der Waals surface area contributed by atoms with E-state index in [0.717, 1.165) is 0 Å². The molecule has 25 heavy (non-hydrogen) atoms. The number of rotatable bonds is 4. The molecule has 1 aliphatic heterocycles. The zero-order valence-electron chi connectivity index (χ0n) is 13.4. The third-order valence-electron chi connectivity index (χ3n) is 3.51. The van der Waals surface area contributed by atoms with Gasteiger partial charge in [0.05, 0.1) is 17.9 Å². The molecule has 2 aromatic rings. The van der Waals surface area contributed by atoms with E-state index in [9.17, 15) is 14.4 Å². The topological polar surface area (TPSA) is 93.7 Å². The summed E-state index contributed by atoms with van der Waals surface area (Å²) in [4.78, 5) is 36.2. The second-order valence-corrected chi connectivity index (χ2v) is 5.27. The molecular formula is C18H16N2O5. The van der Waals surface area contributed by atoms with Crippen LogP contribution in [0.2, 0.25) is 0 Å². The summed E-state index contributed by atoms with van der Waals surface area (Å²) in [6.07, 6.45) is -1.32. The average Bonchev–Trinajstić information content (AvgIpc) is 2.61. The zero-order valence-corrected chi connectivity index (χ0v) is 13.4. The van der Waals surface area contributed by atoms with Crippen LogP contribution in [0.4, 0.5) is 11.4 Å². The van der Waals surface area contributed by atoms with Crippen LogP contribution in [0.15, 0.2) is 48.5 Å². The van der Waals surface area contributed by atoms with Gasteiger partial charge in [-0.3, -0.25) is 9.59 Å². The maximum Gasteiger partial charge on any atom is 0.338 e. The second kappa shape index (κ2) is 7.04. The van der Waals surface area contributed by atoms with Crippen LogP contribution in [0.1, 0.15) is 17.3 Å². The van der Waals surface area contributed by atoms with Gasteiger partial charge < -0.3 is 20.1 Å². The molecule has 0 saturated carbocycles. The Labute approximate surface area is 143 Å². The Kier molecular flexibility index (Phi) is 4.65. The summed E-state index contributed by atoms with van der Waals surface area (Å²) in [5.41, 5.74) is 1.19. The van der Waals surface area contributed by atoms with Gasteiger partial charge in [0.15, 0.2) is 0 Å². The molecule has 0 fully saturated rings. The molecule has 1 atom stereocenters. The van der Waals surface area contributed by atoms with Crippen molar-refractivity contribution in [3.63, 3.8) is 0 Å². The van der Waals surface area contributed by atoms with E-state index in [-0.39, 0.29) is 6.61 Å². The lowest BCUT2D eigenvalue weighted by Crippen LogP contribution is -2.45. The normalized spacial score (nSPS) is 15.4. The molecule has 2 amide bonds. The van der Waals surface area contributed by atoms with Gasteiger partial charge >= 0.3 is 5.97 Å². The summed E-state index contributed by atoms with van der Waals surface area (Å²) in [7, 11) is 0. The number of carbonyl (C=O) groups excluding carboxylic acids is 3. The van der Waals surface area contributed by atoms with Crippen LogP contribution in [0, 0.1) is 0 Å². The molecule has 0 bridgehead atoms. The van der Waals surface area contributed by atoms with Crippen LogP contribution < -0.4 is 15.4 Å². The molecule has 2 N–H and O–H groups in total.